The maximum absolute atomic E-state index is 13.6. The zero-order chi connectivity index (χ0) is 22.6. The summed E-state index contributed by atoms with van der Waals surface area (Å²) in [7, 11) is 1.59. The molecule has 3 heterocycles. The number of hydrogen-bond acceptors (Lipinski definition) is 5. The van der Waals surface area contributed by atoms with Crippen molar-refractivity contribution in [3.05, 3.63) is 97.7 Å². The summed E-state index contributed by atoms with van der Waals surface area (Å²) in [4.78, 5) is 28.7. The number of carbonyl (C=O) groups excluding carboxylic acids is 1. The Labute approximate surface area is 189 Å². The number of ether oxygens (including phenoxy) is 1. The third-order valence-electron chi connectivity index (χ3n) is 5.90. The van der Waals surface area contributed by atoms with E-state index in [1.54, 1.807) is 42.5 Å². The molecule has 1 aliphatic heterocycles. The van der Waals surface area contributed by atoms with Gasteiger partial charge in [0.2, 0.25) is 5.76 Å². The van der Waals surface area contributed by atoms with Crippen molar-refractivity contribution in [3.8, 4) is 5.75 Å². The van der Waals surface area contributed by atoms with Crippen molar-refractivity contribution in [3.63, 3.8) is 0 Å². The van der Waals surface area contributed by atoms with Crippen LogP contribution in [-0.4, -0.2) is 17.9 Å². The van der Waals surface area contributed by atoms with E-state index in [1.807, 2.05) is 32.0 Å². The topological polar surface area (TPSA) is 72.9 Å². The Bertz CT molecular complexity index is 1420. The summed E-state index contributed by atoms with van der Waals surface area (Å²) in [6.07, 6.45) is 1.55. The first-order valence-corrected chi connectivity index (χ1v) is 10.5. The fraction of sp³-hybridized carbons (Fsp3) is 0.200. The fourth-order valence-corrected chi connectivity index (χ4v) is 4.39. The van der Waals surface area contributed by atoms with Gasteiger partial charge >= 0.3 is 0 Å². The van der Waals surface area contributed by atoms with Crippen LogP contribution in [0.3, 0.4) is 0 Å². The van der Waals surface area contributed by atoms with Crippen LogP contribution < -0.4 is 10.2 Å². The van der Waals surface area contributed by atoms with Gasteiger partial charge < -0.3 is 18.5 Å². The van der Waals surface area contributed by atoms with Crippen LogP contribution >= 0.6 is 11.6 Å². The van der Waals surface area contributed by atoms with E-state index in [0.29, 0.717) is 33.1 Å². The summed E-state index contributed by atoms with van der Waals surface area (Å²) in [6, 6.07) is 11.8. The number of hydrogen-bond donors (Lipinski definition) is 0. The molecule has 6 nitrogen and oxygen atoms in total. The second-order valence-corrected chi connectivity index (χ2v) is 8.32. The molecule has 7 heteroatoms. The van der Waals surface area contributed by atoms with E-state index >= 15 is 0 Å². The maximum Gasteiger partial charge on any atom is 0.291 e. The molecule has 0 spiro atoms. The summed E-state index contributed by atoms with van der Waals surface area (Å²) < 4.78 is 17.0. The van der Waals surface area contributed by atoms with Gasteiger partial charge in [0.05, 0.1) is 36.9 Å². The molecule has 1 atom stereocenters. The standard InChI is InChI=1S/C25H20ClNO5/c1-13-6-7-15(10-19(13)30-3)22-21-23(28)17-11-18(26)14(2)9-20(17)32-24(21)25(29)27(22)12-16-5-4-8-31-16/h4-11,22H,12H2,1-3H3/t22-/m1/s1. The van der Waals surface area contributed by atoms with Gasteiger partial charge in [-0.2, -0.15) is 0 Å². The lowest BCUT2D eigenvalue weighted by molar-refractivity contribution is 0.0701. The third kappa shape index (κ3) is 3.10. The predicted molar refractivity (Wildman–Crippen MR) is 120 cm³/mol. The number of methoxy groups -OCH3 is 1. The van der Waals surface area contributed by atoms with Gasteiger partial charge in [0.15, 0.2) is 5.43 Å². The lowest BCUT2D eigenvalue weighted by atomic mass is 9.97. The summed E-state index contributed by atoms with van der Waals surface area (Å²) in [5.41, 5.74) is 2.81. The van der Waals surface area contributed by atoms with E-state index in [1.165, 1.54) is 0 Å². The Morgan fingerprint density at radius 1 is 1.09 bits per heavy atom. The van der Waals surface area contributed by atoms with Gasteiger partial charge in [-0.05, 0) is 60.9 Å². The van der Waals surface area contributed by atoms with E-state index < -0.39 is 6.04 Å². The molecule has 2 aromatic heterocycles. The second-order valence-electron chi connectivity index (χ2n) is 7.92. The monoisotopic (exact) mass is 449 g/mol. The molecule has 32 heavy (non-hydrogen) atoms. The minimum absolute atomic E-state index is 0.0420. The van der Waals surface area contributed by atoms with Gasteiger partial charge in [-0.25, -0.2) is 0 Å². The highest BCUT2D eigenvalue weighted by molar-refractivity contribution is 6.32. The SMILES string of the molecule is COc1cc([C@@H]2c3c(oc4cc(C)c(Cl)cc4c3=O)C(=O)N2Cc2ccco2)ccc1C. The Morgan fingerprint density at radius 3 is 2.62 bits per heavy atom. The number of rotatable bonds is 4. The summed E-state index contributed by atoms with van der Waals surface area (Å²) in [5.74, 6) is 0.948. The van der Waals surface area contributed by atoms with Crippen LogP contribution in [0.2, 0.25) is 5.02 Å². The molecule has 2 aromatic carbocycles. The predicted octanol–water partition coefficient (Wildman–Crippen LogP) is 5.41. The fourth-order valence-electron chi connectivity index (χ4n) is 4.23. The first-order chi connectivity index (χ1) is 15.4. The molecular weight excluding hydrogens is 430 g/mol. The first-order valence-electron chi connectivity index (χ1n) is 10.1. The second kappa shape index (κ2) is 7.57. The average molecular weight is 450 g/mol. The van der Waals surface area contributed by atoms with E-state index in [0.717, 1.165) is 16.7 Å². The molecule has 0 N–H and O–H groups in total. The number of furan rings is 1. The minimum Gasteiger partial charge on any atom is -0.496 e. The molecule has 5 rings (SSSR count). The van der Waals surface area contributed by atoms with Crippen LogP contribution in [0.1, 0.15) is 44.6 Å². The molecule has 0 unspecified atom stereocenters. The number of fused-ring (bicyclic) bond motifs is 2. The zero-order valence-corrected chi connectivity index (χ0v) is 18.5. The molecule has 1 aliphatic rings. The van der Waals surface area contributed by atoms with Gasteiger partial charge in [-0.1, -0.05) is 23.7 Å². The number of aryl methyl sites for hydroxylation is 2. The van der Waals surface area contributed by atoms with Gasteiger partial charge in [0, 0.05) is 5.02 Å². The molecule has 4 aromatic rings. The van der Waals surface area contributed by atoms with E-state index in [4.69, 9.17) is 25.2 Å². The highest BCUT2D eigenvalue weighted by Gasteiger charge is 2.43. The molecule has 0 radical (unpaired) electrons. The van der Waals surface area contributed by atoms with Crippen molar-refractivity contribution >= 4 is 28.5 Å². The quantitative estimate of drug-likeness (QED) is 0.416. The van der Waals surface area contributed by atoms with Crippen molar-refractivity contribution in [1.29, 1.82) is 0 Å². The van der Waals surface area contributed by atoms with Crippen LogP contribution in [0, 0.1) is 13.8 Å². The minimum atomic E-state index is -0.655. The summed E-state index contributed by atoms with van der Waals surface area (Å²) in [6.45, 7) is 3.94. The molecule has 162 valence electrons. The number of amides is 1. The summed E-state index contributed by atoms with van der Waals surface area (Å²) >= 11 is 6.29. The van der Waals surface area contributed by atoms with Gasteiger partial charge in [0.25, 0.3) is 5.91 Å². The highest BCUT2D eigenvalue weighted by Crippen LogP contribution is 2.40. The Balaban J connectivity index is 1.77. The molecule has 0 saturated carbocycles. The lowest BCUT2D eigenvalue weighted by Gasteiger charge is -2.24. The van der Waals surface area contributed by atoms with Crippen LogP contribution in [0.25, 0.3) is 11.0 Å². The van der Waals surface area contributed by atoms with E-state index in [2.05, 4.69) is 0 Å². The van der Waals surface area contributed by atoms with Crippen molar-refractivity contribution in [2.24, 2.45) is 0 Å². The molecule has 0 bridgehead atoms. The lowest BCUT2D eigenvalue weighted by Crippen LogP contribution is -2.29. The van der Waals surface area contributed by atoms with Crippen LogP contribution in [0.4, 0.5) is 0 Å². The smallest absolute Gasteiger partial charge is 0.291 e. The Kier molecular flexibility index (Phi) is 4.82. The van der Waals surface area contributed by atoms with Crippen molar-refractivity contribution < 1.29 is 18.4 Å². The Hall–Kier alpha value is -3.51. The third-order valence-corrected chi connectivity index (χ3v) is 6.31. The first kappa shape index (κ1) is 20.4. The normalized spacial score (nSPS) is 15.4. The molecular formula is C25H20ClNO5. The molecule has 1 amide bonds. The number of halogens is 1. The van der Waals surface area contributed by atoms with E-state index in [9.17, 15) is 9.59 Å². The van der Waals surface area contributed by atoms with Crippen LogP contribution in [0.5, 0.6) is 5.75 Å². The van der Waals surface area contributed by atoms with Crippen molar-refractivity contribution in [2.75, 3.05) is 7.11 Å². The molecule has 0 aliphatic carbocycles. The van der Waals surface area contributed by atoms with Crippen LogP contribution in [0.15, 0.2) is 62.4 Å². The van der Waals surface area contributed by atoms with Gasteiger partial charge in [0.1, 0.15) is 17.1 Å². The maximum atomic E-state index is 13.6. The summed E-state index contributed by atoms with van der Waals surface area (Å²) in [5, 5.41) is 0.811. The molecule has 0 saturated heterocycles. The Morgan fingerprint density at radius 2 is 1.91 bits per heavy atom. The zero-order valence-electron chi connectivity index (χ0n) is 17.8. The number of carbonyl (C=O) groups is 1. The van der Waals surface area contributed by atoms with E-state index in [-0.39, 0.29) is 23.6 Å². The number of nitrogens with zero attached hydrogens (tertiary/aromatic N) is 1. The van der Waals surface area contributed by atoms with Crippen molar-refractivity contribution in [1.82, 2.24) is 4.90 Å². The van der Waals surface area contributed by atoms with Gasteiger partial charge in [-0.15, -0.1) is 0 Å². The molecule has 0 fully saturated rings. The van der Waals surface area contributed by atoms with Gasteiger partial charge in [-0.3, -0.25) is 9.59 Å². The highest BCUT2D eigenvalue weighted by atomic mass is 35.5. The number of benzene rings is 2. The van der Waals surface area contributed by atoms with Crippen LogP contribution in [-0.2, 0) is 6.54 Å². The van der Waals surface area contributed by atoms with Crippen molar-refractivity contribution in [2.45, 2.75) is 26.4 Å². The largest absolute Gasteiger partial charge is 0.496 e. The average Bonchev–Trinajstić information content (AvgIpc) is 3.38.